The van der Waals surface area contributed by atoms with Crippen LogP contribution in [0.25, 0.3) is 0 Å². The van der Waals surface area contributed by atoms with Gasteiger partial charge in [0.2, 0.25) is 0 Å². The lowest BCUT2D eigenvalue weighted by Crippen LogP contribution is -2.27. The van der Waals surface area contributed by atoms with Crippen LogP contribution in [0, 0.1) is 20.2 Å². The number of rotatable bonds is 4. The van der Waals surface area contributed by atoms with Gasteiger partial charge in [0.25, 0.3) is 11.4 Å². The molecule has 4 rings (SSSR count). The minimum atomic E-state index is -0.557. The highest BCUT2D eigenvalue weighted by Gasteiger charge is 2.21. The van der Waals surface area contributed by atoms with E-state index in [2.05, 4.69) is 5.32 Å². The predicted molar refractivity (Wildman–Crippen MR) is 138 cm³/mol. The van der Waals surface area contributed by atoms with Crippen LogP contribution in [0.1, 0.15) is 46.0 Å². The maximum Gasteiger partial charge on any atom is 0.292 e. The van der Waals surface area contributed by atoms with Gasteiger partial charge in [-0.05, 0) is 56.4 Å². The Morgan fingerprint density at radius 1 is 0.848 bits per heavy atom. The van der Waals surface area contributed by atoms with Gasteiger partial charge in [-0.2, -0.15) is 0 Å². The Morgan fingerprint density at radius 3 is 1.67 bits per heavy atom. The fourth-order valence-corrected chi connectivity index (χ4v) is 3.27. The van der Waals surface area contributed by atoms with Gasteiger partial charge in [-0.3, -0.25) is 20.2 Å². The second-order valence-electron chi connectivity index (χ2n) is 7.23. The van der Waals surface area contributed by atoms with Gasteiger partial charge < -0.3 is 11.1 Å². The minimum Gasteiger partial charge on any atom is -0.377 e. The van der Waals surface area contributed by atoms with Gasteiger partial charge in [0.15, 0.2) is 0 Å². The van der Waals surface area contributed by atoms with Gasteiger partial charge in [-0.15, -0.1) is 12.4 Å². The van der Waals surface area contributed by atoms with Crippen LogP contribution in [0.5, 0.6) is 0 Å². The number of hydrogen-bond donors (Lipinski definition) is 2. The highest BCUT2D eigenvalue weighted by molar-refractivity contribution is 6.35. The molecule has 2 aliphatic rings. The Labute approximate surface area is 214 Å². The maximum absolute atomic E-state index is 10.7. The topological polar surface area (TPSA) is 124 Å². The first-order chi connectivity index (χ1) is 14.7. The summed E-state index contributed by atoms with van der Waals surface area (Å²) in [6.45, 7) is 0. The van der Waals surface area contributed by atoms with Crippen molar-refractivity contribution in [1.82, 2.24) is 0 Å². The van der Waals surface area contributed by atoms with E-state index in [1.807, 2.05) is 0 Å². The number of nitro benzene ring substituents is 2. The first kappa shape index (κ1) is 31.2. The van der Waals surface area contributed by atoms with E-state index in [-0.39, 0.29) is 36.2 Å². The van der Waals surface area contributed by atoms with Crippen molar-refractivity contribution in [3.05, 3.63) is 71.7 Å². The van der Waals surface area contributed by atoms with Crippen LogP contribution in [-0.2, 0) is 0 Å². The summed E-state index contributed by atoms with van der Waals surface area (Å²) in [5.41, 5.74) is 5.86. The third-order valence-electron chi connectivity index (χ3n) is 4.88. The number of hydrogen-bond acceptors (Lipinski definition) is 6. The highest BCUT2D eigenvalue weighted by atomic mass is 35.5. The van der Waals surface area contributed by atoms with Crippen molar-refractivity contribution >= 4 is 64.3 Å². The van der Waals surface area contributed by atoms with Crippen LogP contribution < -0.4 is 11.1 Å². The van der Waals surface area contributed by atoms with E-state index < -0.39 is 9.85 Å². The molecule has 12 heteroatoms. The molecule has 2 aliphatic carbocycles. The van der Waals surface area contributed by atoms with E-state index in [9.17, 15) is 20.2 Å². The average Bonchev–Trinajstić information content (AvgIpc) is 2.63. The lowest BCUT2D eigenvalue weighted by atomic mass is 9.93. The second-order valence-corrected chi connectivity index (χ2v) is 8.51. The SMILES string of the molecule is C.Cl.NC1CCC1.O=[N+]([O-])c1ccc(Cl)cc1Cl.O=[N+]([O-])c1ccc(Cl)cc1NC1CCC1. The first-order valence-electron chi connectivity index (χ1n) is 9.73. The molecule has 0 atom stereocenters. The fraction of sp³-hybridized carbons (Fsp3) is 0.429. The van der Waals surface area contributed by atoms with Crippen LogP contribution in [0.3, 0.4) is 0 Å². The third kappa shape index (κ3) is 10.3. The van der Waals surface area contributed by atoms with Gasteiger partial charge in [0, 0.05) is 34.3 Å². The van der Waals surface area contributed by atoms with Crippen molar-refractivity contribution in [3.8, 4) is 0 Å². The van der Waals surface area contributed by atoms with Gasteiger partial charge in [-0.25, -0.2) is 0 Å². The monoisotopic (exact) mass is 540 g/mol. The molecule has 0 radical (unpaired) electrons. The van der Waals surface area contributed by atoms with Gasteiger partial charge >= 0.3 is 0 Å². The van der Waals surface area contributed by atoms with Crippen LogP contribution in [0.2, 0.25) is 15.1 Å². The van der Waals surface area contributed by atoms with E-state index >= 15 is 0 Å². The van der Waals surface area contributed by atoms with Crippen molar-refractivity contribution in [2.45, 2.75) is 58.0 Å². The zero-order valence-corrected chi connectivity index (χ0v) is 20.1. The molecular weight excluding hydrogens is 514 g/mol. The van der Waals surface area contributed by atoms with E-state index in [4.69, 9.17) is 40.5 Å². The van der Waals surface area contributed by atoms with Crippen molar-refractivity contribution in [2.24, 2.45) is 5.73 Å². The molecule has 0 amide bonds. The van der Waals surface area contributed by atoms with Crippen LogP contribution >= 0.6 is 47.2 Å². The summed E-state index contributed by atoms with van der Waals surface area (Å²) in [5.74, 6) is 0. The van der Waals surface area contributed by atoms with Crippen molar-refractivity contribution in [3.63, 3.8) is 0 Å². The summed E-state index contributed by atoms with van der Waals surface area (Å²) in [7, 11) is 0. The normalized spacial score (nSPS) is 14.3. The molecule has 2 fully saturated rings. The number of anilines is 1. The molecule has 0 aromatic heterocycles. The summed E-state index contributed by atoms with van der Waals surface area (Å²) in [6.07, 6.45) is 7.22. The van der Waals surface area contributed by atoms with Gasteiger partial charge in [0.1, 0.15) is 10.7 Å². The Morgan fingerprint density at radius 2 is 1.30 bits per heavy atom. The quantitative estimate of drug-likeness (QED) is 0.302. The lowest BCUT2D eigenvalue weighted by Gasteiger charge is -2.27. The zero-order chi connectivity index (χ0) is 23.0. The molecule has 33 heavy (non-hydrogen) atoms. The maximum atomic E-state index is 10.7. The van der Waals surface area contributed by atoms with Crippen molar-refractivity contribution in [1.29, 1.82) is 0 Å². The van der Waals surface area contributed by atoms with Gasteiger partial charge in [-0.1, -0.05) is 48.7 Å². The molecule has 0 bridgehead atoms. The predicted octanol–water partition coefficient (Wildman–Crippen LogP) is 7.67. The Kier molecular flexibility index (Phi) is 14.3. The van der Waals surface area contributed by atoms with Crippen LogP contribution in [-0.4, -0.2) is 21.9 Å². The number of benzene rings is 2. The summed E-state index contributed by atoms with van der Waals surface area (Å²) in [4.78, 5) is 20.0. The number of nitrogens with one attached hydrogen (secondary N) is 1. The fourth-order valence-electron chi connectivity index (χ4n) is 2.62. The van der Waals surface area contributed by atoms with E-state index in [0.29, 0.717) is 27.8 Å². The Hall–Kier alpha value is -1.84. The lowest BCUT2D eigenvalue weighted by molar-refractivity contribution is -0.384. The molecule has 0 unspecified atom stereocenters. The molecule has 184 valence electrons. The Balaban J connectivity index is 0.000000502. The molecule has 2 aromatic carbocycles. The van der Waals surface area contributed by atoms with Crippen molar-refractivity contribution < 1.29 is 9.85 Å². The summed E-state index contributed by atoms with van der Waals surface area (Å²) in [5, 5.41) is 25.1. The molecule has 0 heterocycles. The number of halogens is 4. The Bertz CT molecular complexity index is 925. The molecule has 3 N–H and O–H groups in total. The van der Waals surface area contributed by atoms with E-state index in [1.54, 1.807) is 6.07 Å². The standard InChI is InChI=1S/C10H11ClN2O2.C6H3Cl2NO2.C4H9N.CH4.ClH/c11-7-4-5-10(13(14)15)9(6-7)12-8-2-1-3-8;7-4-1-2-6(9(10)11)5(8)3-4;5-4-2-1-3-4;;/h4-6,8,12H,1-3H2;1-3H;4H,1-3,5H2;1H4;1H. The number of nitro groups is 2. The van der Waals surface area contributed by atoms with Crippen LogP contribution in [0.4, 0.5) is 17.1 Å². The average molecular weight is 542 g/mol. The minimum absolute atomic E-state index is 0. The van der Waals surface area contributed by atoms with Crippen molar-refractivity contribution in [2.75, 3.05) is 5.32 Å². The molecule has 8 nitrogen and oxygen atoms in total. The number of nitrogens with zero attached hydrogens (tertiary/aromatic N) is 2. The first-order valence-corrected chi connectivity index (χ1v) is 10.9. The molecule has 2 saturated carbocycles. The highest BCUT2D eigenvalue weighted by Crippen LogP contribution is 2.31. The third-order valence-corrected chi connectivity index (χ3v) is 5.65. The zero-order valence-electron chi connectivity index (χ0n) is 17.0. The van der Waals surface area contributed by atoms with Gasteiger partial charge in [0.05, 0.1) is 9.85 Å². The molecule has 0 saturated heterocycles. The molecular formula is C21H28Cl4N4O4. The van der Waals surface area contributed by atoms with E-state index in [0.717, 1.165) is 12.8 Å². The molecule has 0 spiro atoms. The second kappa shape index (κ2) is 15.1. The largest absolute Gasteiger partial charge is 0.377 e. The smallest absolute Gasteiger partial charge is 0.292 e. The summed E-state index contributed by atoms with van der Waals surface area (Å²) in [6, 6.07) is 9.53. The molecule has 2 aromatic rings. The van der Waals surface area contributed by atoms with E-state index in [1.165, 1.54) is 56.0 Å². The summed E-state index contributed by atoms with van der Waals surface area (Å²) < 4.78 is 0. The molecule has 0 aliphatic heterocycles. The summed E-state index contributed by atoms with van der Waals surface area (Å²) >= 11 is 16.8. The van der Waals surface area contributed by atoms with Crippen LogP contribution in [0.15, 0.2) is 36.4 Å². The number of nitrogens with two attached hydrogens (primary N) is 1.